The summed E-state index contributed by atoms with van der Waals surface area (Å²) in [5.41, 5.74) is 0.921. The molecule has 1 N–H and O–H groups in total. The van der Waals surface area contributed by atoms with Crippen LogP contribution in [0.25, 0.3) is 0 Å². The van der Waals surface area contributed by atoms with Crippen LogP contribution < -0.4 is 10.1 Å². The molecule has 3 nitrogen and oxygen atoms in total. The van der Waals surface area contributed by atoms with Crippen molar-refractivity contribution in [3.8, 4) is 11.6 Å². The molecule has 5 heteroatoms. The van der Waals surface area contributed by atoms with Gasteiger partial charge in [0.1, 0.15) is 11.6 Å². The highest BCUT2D eigenvalue weighted by Crippen LogP contribution is 2.24. The Balaban J connectivity index is 2.05. The fourth-order valence-corrected chi connectivity index (χ4v) is 1.94. The number of hydrogen-bond donors (Lipinski definition) is 1. The molecule has 1 aromatic carbocycles. The molecular weight excluding hydrogens is 291 g/mol. The molecule has 0 saturated heterocycles. The van der Waals surface area contributed by atoms with Crippen molar-refractivity contribution >= 4 is 11.6 Å². The largest absolute Gasteiger partial charge is 0.439 e. The number of pyridine rings is 1. The first-order chi connectivity index (χ1) is 10.0. The van der Waals surface area contributed by atoms with Crippen molar-refractivity contribution in [2.45, 2.75) is 20.4 Å². The predicted octanol–water partition coefficient (Wildman–Crippen LogP) is 4.41. The molecule has 0 atom stereocenters. The maximum absolute atomic E-state index is 12.9. The van der Waals surface area contributed by atoms with Gasteiger partial charge < -0.3 is 10.1 Å². The van der Waals surface area contributed by atoms with Crippen LogP contribution >= 0.6 is 11.6 Å². The van der Waals surface area contributed by atoms with Crippen molar-refractivity contribution in [2.24, 2.45) is 5.92 Å². The number of aromatic nitrogens is 1. The molecule has 0 unspecified atom stereocenters. The molecule has 1 heterocycles. The van der Waals surface area contributed by atoms with Crippen molar-refractivity contribution in [1.29, 1.82) is 0 Å². The maximum atomic E-state index is 12.9. The van der Waals surface area contributed by atoms with Gasteiger partial charge in [-0.1, -0.05) is 25.4 Å². The SMILES string of the molecule is CC(C)CNCc1cc(Oc2ccc(F)cc2)ncc1Cl. The predicted molar refractivity (Wildman–Crippen MR) is 82.3 cm³/mol. The Hall–Kier alpha value is -1.65. The first kappa shape index (κ1) is 15.7. The van der Waals surface area contributed by atoms with E-state index < -0.39 is 0 Å². The summed E-state index contributed by atoms with van der Waals surface area (Å²) in [7, 11) is 0. The third-order valence-corrected chi connectivity index (χ3v) is 3.15. The molecular formula is C16H18ClFN2O. The molecule has 2 rings (SSSR count). The maximum Gasteiger partial charge on any atom is 0.219 e. The Morgan fingerprint density at radius 3 is 2.67 bits per heavy atom. The topological polar surface area (TPSA) is 34.1 Å². The molecule has 2 aromatic rings. The van der Waals surface area contributed by atoms with E-state index in [0.29, 0.717) is 29.1 Å². The highest BCUT2D eigenvalue weighted by atomic mass is 35.5. The van der Waals surface area contributed by atoms with E-state index in [1.165, 1.54) is 12.1 Å². The van der Waals surface area contributed by atoms with Crippen LogP contribution in [0.3, 0.4) is 0 Å². The van der Waals surface area contributed by atoms with Crippen molar-refractivity contribution in [2.75, 3.05) is 6.54 Å². The average Bonchev–Trinajstić information content (AvgIpc) is 2.44. The zero-order chi connectivity index (χ0) is 15.2. The highest BCUT2D eigenvalue weighted by molar-refractivity contribution is 6.31. The van der Waals surface area contributed by atoms with Gasteiger partial charge in [0.25, 0.3) is 0 Å². The van der Waals surface area contributed by atoms with E-state index in [2.05, 4.69) is 24.1 Å². The van der Waals surface area contributed by atoms with Gasteiger partial charge in [0.2, 0.25) is 5.88 Å². The molecule has 0 bridgehead atoms. The minimum absolute atomic E-state index is 0.301. The second kappa shape index (κ2) is 7.38. The Morgan fingerprint density at radius 2 is 2.00 bits per heavy atom. The van der Waals surface area contributed by atoms with Gasteiger partial charge in [0.05, 0.1) is 5.02 Å². The summed E-state index contributed by atoms with van der Waals surface area (Å²) in [6.45, 7) is 5.85. The Morgan fingerprint density at radius 1 is 1.29 bits per heavy atom. The lowest BCUT2D eigenvalue weighted by Crippen LogP contribution is -2.19. The number of halogens is 2. The normalized spacial score (nSPS) is 10.9. The number of nitrogens with one attached hydrogen (secondary N) is 1. The summed E-state index contributed by atoms with van der Waals surface area (Å²) in [6.07, 6.45) is 1.56. The quantitative estimate of drug-likeness (QED) is 0.858. The van der Waals surface area contributed by atoms with E-state index in [1.807, 2.05) is 0 Å². The van der Waals surface area contributed by atoms with E-state index in [-0.39, 0.29) is 5.82 Å². The highest BCUT2D eigenvalue weighted by Gasteiger charge is 2.06. The summed E-state index contributed by atoms with van der Waals surface area (Å²) in [6, 6.07) is 7.59. The summed E-state index contributed by atoms with van der Waals surface area (Å²) >= 11 is 6.13. The molecule has 0 saturated carbocycles. The molecule has 0 amide bonds. The van der Waals surface area contributed by atoms with Gasteiger partial charge in [-0.15, -0.1) is 0 Å². The molecule has 1 aromatic heterocycles. The zero-order valence-corrected chi connectivity index (χ0v) is 12.8. The van der Waals surface area contributed by atoms with Gasteiger partial charge in [-0.25, -0.2) is 9.37 Å². The van der Waals surface area contributed by atoms with Crippen molar-refractivity contribution < 1.29 is 9.13 Å². The lowest BCUT2D eigenvalue weighted by Gasteiger charge is -2.10. The summed E-state index contributed by atoms with van der Waals surface area (Å²) < 4.78 is 18.4. The van der Waals surface area contributed by atoms with E-state index in [0.717, 1.165) is 12.1 Å². The molecule has 0 aliphatic carbocycles. The van der Waals surface area contributed by atoms with Crippen molar-refractivity contribution in [1.82, 2.24) is 10.3 Å². The van der Waals surface area contributed by atoms with Crippen LogP contribution in [-0.2, 0) is 6.54 Å². The van der Waals surface area contributed by atoms with Crippen LogP contribution in [0, 0.1) is 11.7 Å². The average molecular weight is 309 g/mol. The molecule has 0 radical (unpaired) electrons. The smallest absolute Gasteiger partial charge is 0.219 e. The molecule has 112 valence electrons. The van der Waals surface area contributed by atoms with Crippen LogP contribution in [0.15, 0.2) is 36.5 Å². The second-order valence-electron chi connectivity index (χ2n) is 5.19. The van der Waals surface area contributed by atoms with E-state index >= 15 is 0 Å². The van der Waals surface area contributed by atoms with Crippen LogP contribution in [0.5, 0.6) is 11.6 Å². The van der Waals surface area contributed by atoms with Gasteiger partial charge >= 0.3 is 0 Å². The van der Waals surface area contributed by atoms with Gasteiger partial charge in [-0.05, 0) is 42.3 Å². The molecule has 21 heavy (non-hydrogen) atoms. The second-order valence-corrected chi connectivity index (χ2v) is 5.60. The number of hydrogen-bond acceptors (Lipinski definition) is 3. The number of nitrogens with zero attached hydrogens (tertiary/aromatic N) is 1. The molecule has 0 fully saturated rings. The summed E-state index contributed by atoms with van der Waals surface area (Å²) in [5, 5.41) is 3.92. The van der Waals surface area contributed by atoms with Crippen LogP contribution in [0.4, 0.5) is 4.39 Å². The van der Waals surface area contributed by atoms with E-state index in [4.69, 9.17) is 16.3 Å². The Bertz CT molecular complexity index is 587. The first-order valence-electron chi connectivity index (χ1n) is 6.83. The molecule has 0 spiro atoms. The number of benzene rings is 1. The van der Waals surface area contributed by atoms with E-state index in [9.17, 15) is 4.39 Å². The molecule has 0 aliphatic heterocycles. The number of ether oxygens (including phenoxy) is 1. The Labute approximate surface area is 129 Å². The minimum Gasteiger partial charge on any atom is -0.439 e. The van der Waals surface area contributed by atoms with Crippen LogP contribution in [0.1, 0.15) is 19.4 Å². The Kier molecular flexibility index (Phi) is 5.53. The number of rotatable bonds is 6. The van der Waals surface area contributed by atoms with Crippen LogP contribution in [-0.4, -0.2) is 11.5 Å². The first-order valence-corrected chi connectivity index (χ1v) is 7.21. The standard InChI is InChI=1S/C16H18ClFN2O/c1-11(2)8-19-9-12-7-16(20-10-15(12)17)21-14-5-3-13(18)4-6-14/h3-7,10-11,19H,8-9H2,1-2H3. The van der Waals surface area contributed by atoms with E-state index in [1.54, 1.807) is 24.4 Å². The van der Waals surface area contributed by atoms with Crippen molar-refractivity contribution in [3.05, 3.63) is 52.9 Å². The third kappa shape index (κ3) is 4.99. The minimum atomic E-state index is -0.301. The third-order valence-electron chi connectivity index (χ3n) is 2.81. The van der Waals surface area contributed by atoms with Crippen molar-refractivity contribution in [3.63, 3.8) is 0 Å². The van der Waals surface area contributed by atoms with Gasteiger partial charge in [0, 0.05) is 18.8 Å². The fourth-order valence-electron chi connectivity index (χ4n) is 1.77. The van der Waals surface area contributed by atoms with Gasteiger partial charge in [0.15, 0.2) is 0 Å². The van der Waals surface area contributed by atoms with Gasteiger partial charge in [-0.2, -0.15) is 0 Å². The summed E-state index contributed by atoms with van der Waals surface area (Å²) in [5.74, 6) is 1.24. The lowest BCUT2D eigenvalue weighted by molar-refractivity contribution is 0.459. The monoisotopic (exact) mass is 308 g/mol. The van der Waals surface area contributed by atoms with Gasteiger partial charge in [-0.3, -0.25) is 0 Å². The fraction of sp³-hybridized carbons (Fsp3) is 0.312. The lowest BCUT2D eigenvalue weighted by atomic mass is 10.2. The summed E-state index contributed by atoms with van der Waals surface area (Å²) in [4.78, 5) is 4.12. The molecule has 0 aliphatic rings. The van der Waals surface area contributed by atoms with Crippen LogP contribution in [0.2, 0.25) is 5.02 Å². The zero-order valence-electron chi connectivity index (χ0n) is 12.1.